The van der Waals surface area contributed by atoms with Crippen molar-refractivity contribution in [3.63, 3.8) is 0 Å². The molecule has 0 saturated heterocycles. The fraction of sp³-hybridized carbons (Fsp3) is 0.533. The van der Waals surface area contributed by atoms with Crippen LogP contribution in [-0.4, -0.2) is 39.0 Å². The van der Waals surface area contributed by atoms with E-state index in [4.69, 9.17) is 4.74 Å². The van der Waals surface area contributed by atoms with Gasteiger partial charge in [0.2, 0.25) is 0 Å². The molecule has 0 saturated carbocycles. The number of ether oxygens (including phenoxy) is 1. The van der Waals surface area contributed by atoms with Crippen LogP contribution in [0.1, 0.15) is 26.3 Å². The van der Waals surface area contributed by atoms with E-state index >= 15 is 0 Å². The first-order chi connectivity index (χ1) is 11.3. The van der Waals surface area contributed by atoms with Crippen LogP contribution >= 0.6 is 0 Å². The first-order valence-electron chi connectivity index (χ1n) is 7.24. The monoisotopic (exact) mass is 383 g/mol. The van der Waals surface area contributed by atoms with E-state index in [1.165, 1.54) is 0 Å². The molecule has 0 spiro atoms. The third-order valence-corrected chi connectivity index (χ3v) is 3.32. The SMILES string of the molecule is CC(C)(C)OC(=O)N[C@@H](COS(C)(=O)=O)Cc1cc(F)c(F)cc1F. The number of benzene rings is 1. The standard InChI is InChI=1S/C15H20F3NO5S/c1-15(2,3)24-14(20)19-10(8-23-25(4,21)22)5-9-6-12(17)13(18)7-11(9)16/h6-7,10H,5,8H2,1-4H3,(H,19,20)/t10-/m1/s1. The second kappa shape index (κ2) is 8.05. The van der Waals surface area contributed by atoms with Crippen molar-refractivity contribution in [2.24, 2.45) is 0 Å². The average Bonchev–Trinajstić information content (AvgIpc) is 2.39. The molecule has 0 radical (unpaired) electrons. The molecule has 1 amide bonds. The van der Waals surface area contributed by atoms with E-state index in [0.29, 0.717) is 12.1 Å². The highest BCUT2D eigenvalue weighted by Gasteiger charge is 2.23. The molecule has 0 aliphatic carbocycles. The van der Waals surface area contributed by atoms with Gasteiger partial charge < -0.3 is 10.1 Å². The zero-order valence-corrected chi connectivity index (χ0v) is 15.0. The number of rotatable bonds is 6. The number of hydrogen-bond acceptors (Lipinski definition) is 5. The summed E-state index contributed by atoms with van der Waals surface area (Å²) >= 11 is 0. The number of alkyl carbamates (subject to hydrolysis) is 1. The molecule has 0 unspecified atom stereocenters. The summed E-state index contributed by atoms with van der Waals surface area (Å²) in [5.74, 6) is -3.66. The third-order valence-electron chi connectivity index (χ3n) is 2.76. The van der Waals surface area contributed by atoms with E-state index in [1.54, 1.807) is 20.8 Å². The van der Waals surface area contributed by atoms with Crippen LogP contribution < -0.4 is 5.32 Å². The van der Waals surface area contributed by atoms with Crippen molar-refractivity contribution < 1.29 is 35.3 Å². The summed E-state index contributed by atoms with van der Waals surface area (Å²) in [6.45, 7) is 4.31. The minimum absolute atomic E-state index is 0.253. The van der Waals surface area contributed by atoms with Gasteiger partial charge >= 0.3 is 6.09 Å². The maximum Gasteiger partial charge on any atom is 0.407 e. The normalized spacial score (nSPS) is 13.4. The Hall–Kier alpha value is -1.81. The van der Waals surface area contributed by atoms with Gasteiger partial charge in [0.1, 0.15) is 11.4 Å². The second-order valence-corrected chi connectivity index (χ2v) is 8.04. The van der Waals surface area contributed by atoms with Crippen LogP contribution in [0.5, 0.6) is 0 Å². The van der Waals surface area contributed by atoms with E-state index in [2.05, 4.69) is 9.50 Å². The van der Waals surface area contributed by atoms with Gasteiger partial charge in [-0.25, -0.2) is 18.0 Å². The van der Waals surface area contributed by atoms with Crippen LogP contribution in [0.2, 0.25) is 0 Å². The van der Waals surface area contributed by atoms with Gasteiger partial charge in [0.25, 0.3) is 10.1 Å². The summed E-state index contributed by atoms with van der Waals surface area (Å²) in [7, 11) is -3.83. The molecular weight excluding hydrogens is 363 g/mol. The van der Waals surface area contributed by atoms with Crippen molar-refractivity contribution >= 4 is 16.2 Å². The van der Waals surface area contributed by atoms with Crippen LogP contribution in [0.25, 0.3) is 0 Å². The number of nitrogens with one attached hydrogen (secondary N) is 1. The first-order valence-corrected chi connectivity index (χ1v) is 9.06. The minimum Gasteiger partial charge on any atom is -0.444 e. The van der Waals surface area contributed by atoms with Crippen molar-refractivity contribution in [2.45, 2.75) is 38.8 Å². The predicted octanol–water partition coefficient (Wildman–Crippen LogP) is 2.52. The third kappa shape index (κ3) is 8.21. The topological polar surface area (TPSA) is 81.7 Å². The highest BCUT2D eigenvalue weighted by Crippen LogP contribution is 2.16. The molecule has 1 N–H and O–H groups in total. The lowest BCUT2D eigenvalue weighted by molar-refractivity contribution is 0.0488. The Morgan fingerprint density at radius 2 is 1.72 bits per heavy atom. The van der Waals surface area contributed by atoms with Gasteiger partial charge in [-0.15, -0.1) is 0 Å². The number of amides is 1. The largest absolute Gasteiger partial charge is 0.444 e. The lowest BCUT2D eigenvalue weighted by Crippen LogP contribution is -2.43. The summed E-state index contributed by atoms with van der Waals surface area (Å²) in [6, 6.07) is -0.0504. The average molecular weight is 383 g/mol. The Kier molecular flexibility index (Phi) is 6.83. The van der Waals surface area contributed by atoms with Gasteiger partial charge in [-0.05, 0) is 38.8 Å². The number of carbonyl (C=O) groups excluding carboxylic acids is 1. The molecule has 0 aromatic heterocycles. The van der Waals surface area contributed by atoms with Gasteiger partial charge in [-0.3, -0.25) is 4.18 Å². The second-order valence-electron chi connectivity index (χ2n) is 6.39. The van der Waals surface area contributed by atoms with Gasteiger partial charge in [0, 0.05) is 6.07 Å². The summed E-state index contributed by atoms with van der Waals surface area (Å²) < 4.78 is 71.9. The van der Waals surface area contributed by atoms with Crippen molar-refractivity contribution in [2.75, 3.05) is 12.9 Å². The summed E-state index contributed by atoms with van der Waals surface area (Å²) in [4.78, 5) is 11.8. The van der Waals surface area contributed by atoms with Gasteiger partial charge in [-0.2, -0.15) is 8.42 Å². The zero-order chi connectivity index (χ0) is 19.4. The molecule has 0 aliphatic rings. The molecule has 1 atom stereocenters. The Morgan fingerprint density at radius 1 is 1.16 bits per heavy atom. The molecule has 0 fully saturated rings. The van der Waals surface area contributed by atoms with E-state index in [0.717, 1.165) is 6.26 Å². The smallest absolute Gasteiger partial charge is 0.407 e. The van der Waals surface area contributed by atoms with Crippen LogP contribution in [0.15, 0.2) is 12.1 Å². The molecule has 25 heavy (non-hydrogen) atoms. The maximum absolute atomic E-state index is 13.8. The van der Waals surface area contributed by atoms with Gasteiger partial charge in [-0.1, -0.05) is 0 Å². The Morgan fingerprint density at radius 3 is 2.24 bits per heavy atom. The molecule has 142 valence electrons. The Balaban J connectivity index is 2.94. The van der Waals surface area contributed by atoms with E-state index in [9.17, 15) is 26.4 Å². The molecule has 1 aromatic rings. The quantitative estimate of drug-likeness (QED) is 0.603. The molecule has 0 aliphatic heterocycles. The van der Waals surface area contributed by atoms with Gasteiger partial charge in [0.05, 0.1) is 18.9 Å². The molecule has 0 heterocycles. The predicted molar refractivity (Wildman–Crippen MR) is 84.0 cm³/mol. The summed E-state index contributed by atoms with van der Waals surface area (Å²) in [6.07, 6.45) is -0.425. The Bertz CT molecular complexity index is 731. The fourth-order valence-corrected chi connectivity index (χ4v) is 2.23. The van der Waals surface area contributed by atoms with Gasteiger partial charge in [0.15, 0.2) is 11.6 Å². The van der Waals surface area contributed by atoms with E-state index in [1.807, 2.05) is 0 Å². The molecule has 0 bridgehead atoms. The van der Waals surface area contributed by atoms with Crippen LogP contribution in [0.4, 0.5) is 18.0 Å². The van der Waals surface area contributed by atoms with Crippen molar-refractivity contribution in [1.82, 2.24) is 5.32 Å². The highest BCUT2D eigenvalue weighted by atomic mass is 32.2. The molecular formula is C15H20F3NO5S. The fourth-order valence-electron chi connectivity index (χ4n) is 1.82. The van der Waals surface area contributed by atoms with Crippen molar-refractivity contribution in [3.8, 4) is 0 Å². The molecule has 10 heteroatoms. The van der Waals surface area contributed by atoms with Crippen LogP contribution in [0, 0.1) is 17.5 Å². The van der Waals surface area contributed by atoms with Crippen molar-refractivity contribution in [1.29, 1.82) is 0 Å². The maximum atomic E-state index is 13.8. The first kappa shape index (κ1) is 21.2. The lowest BCUT2D eigenvalue weighted by Gasteiger charge is -2.23. The van der Waals surface area contributed by atoms with Crippen LogP contribution in [-0.2, 0) is 25.5 Å². The molecule has 1 aromatic carbocycles. The lowest BCUT2D eigenvalue weighted by atomic mass is 10.1. The summed E-state index contributed by atoms with van der Waals surface area (Å²) in [5.41, 5.74) is -1.07. The van der Waals surface area contributed by atoms with Crippen LogP contribution in [0.3, 0.4) is 0 Å². The van der Waals surface area contributed by atoms with E-state index < -0.39 is 51.9 Å². The Labute approximate surface area is 144 Å². The van der Waals surface area contributed by atoms with E-state index in [-0.39, 0.29) is 12.0 Å². The molecule has 6 nitrogen and oxygen atoms in total. The number of halogens is 3. The van der Waals surface area contributed by atoms with Crippen molar-refractivity contribution in [3.05, 3.63) is 35.1 Å². The minimum atomic E-state index is -3.83. The number of carbonyl (C=O) groups is 1. The summed E-state index contributed by atoms with van der Waals surface area (Å²) in [5, 5.41) is 2.32. The zero-order valence-electron chi connectivity index (χ0n) is 14.2. The highest BCUT2D eigenvalue weighted by molar-refractivity contribution is 7.85. The number of hydrogen-bond donors (Lipinski definition) is 1. The molecule has 1 rings (SSSR count).